The summed E-state index contributed by atoms with van der Waals surface area (Å²) in [5, 5.41) is 6.08. The van der Waals surface area contributed by atoms with Gasteiger partial charge in [-0.05, 0) is 61.6 Å². The lowest BCUT2D eigenvalue weighted by Gasteiger charge is -2.12. The van der Waals surface area contributed by atoms with Gasteiger partial charge in [-0.15, -0.1) is 0 Å². The van der Waals surface area contributed by atoms with Gasteiger partial charge in [-0.1, -0.05) is 11.6 Å². The number of hydrogen-bond acceptors (Lipinski definition) is 4. The molecule has 0 amide bonds. The van der Waals surface area contributed by atoms with Gasteiger partial charge in [0.25, 0.3) is 0 Å². The lowest BCUT2D eigenvalue weighted by Crippen LogP contribution is -2.19. The molecule has 0 saturated heterocycles. The summed E-state index contributed by atoms with van der Waals surface area (Å²) in [6.45, 7) is -0.918. The molecule has 0 bridgehead atoms. The smallest absolute Gasteiger partial charge is 0.387 e. The number of hydrogen-bond donors (Lipinski definition) is 2. The van der Waals surface area contributed by atoms with Crippen molar-refractivity contribution in [2.45, 2.75) is 13.5 Å². The number of anilines is 2. The second kappa shape index (κ2) is 9.30. The van der Waals surface area contributed by atoms with Gasteiger partial charge in [0.2, 0.25) is 0 Å². The van der Waals surface area contributed by atoms with E-state index in [1.807, 2.05) is 0 Å². The van der Waals surface area contributed by atoms with Gasteiger partial charge in [-0.25, -0.2) is 4.79 Å². The molecule has 0 aliphatic carbocycles. The Labute approximate surface area is 159 Å². The first-order valence-electron chi connectivity index (χ1n) is 7.48. The second-order valence-corrected chi connectivity index (χ2v) is 5.72. The molecule has 2 N–H and O–H groups in total. The van der Waals surface area contributed by atoms with Crippen molar-refractivity contribution in [2.75, 3.05) is 17.2 Å². The highest BCUT2D eigenvalue weighted by Crippen LogP contribution is 2.29. The highest BCUT2D eigenvalue weighted by molar-refractivity contribution is 7.80. The van der Waals surface area contributed by atoms with Crippen molar-refractivity contribution in [1.29, 1.82) is 0 Å². The third kappa shape index (κ3) is 5.82. The fourth-order valence-corrected chi connectivity index (χ4v) is 2.43. The molecule has 0 aromatic heterocycles. The summed E-state index contributed by atoms with van der Waals surface area (Å²) in [6.07, 6.45) is 0. The van der Waals surface area contributed by atoms with Gasteiger partial charge in [0.05, 0.1) is 17.2 Å². The number of carbonyl (C=O) groups is 1. The van der Waals surface area contributed by atoms with Crippen LogP contribution in [0.15, 0.2) is 42.5 Å². The molecule has 0 unspecified atom stereocenters. The third-order valence-electron chi connectivity index (χ3n) is 3.06. The van der Waals surface area contributed by atoms with Crippen LogP contribution in [0.4, 0.5) is 20.2 Å². The van der Waals surface area contributed by atoms with Gasteiger partial charge < -0.3 is 20.1 Å². The summed E-state index contributed by atoms with van der Waals surface area (Å²) in [5.74, 6) is -0.527. The monoisotopic (exact) mass is 400 g/mol. The SMILES string of the molecule is CCOC(=O)c1ccc(NC(=S)Nc2ccc(OC(F)F)c(Cl)c2)cc1. The Morgan fingerprint density at radius 3 is 2.35 bits per heavy atom. The lowest BCUT2D eigenvalue weighted by atomic mass is 10.2. The number of rotatable bonds is 6. The number of thiocarbonyl (C=S) groups is 1. The van der Waals surface area contributed by atoms with Crippen LogP contribution < -0.4 is 15.4 Å². The molecular formula is C17H15ClF2N2O3S. The molecule has 0 heterocycles. The maximum Gasteiger partial charge on any atom is 0.387 e. The van der Waals surface area contributed by atoms with E-state index in [2.05, 4.69) is 15.4 Å². The molecular weight excluding hydrogens is 386 g/mol. The predicted octanol–water partition coefficient (Wildman–Crippen LogP) is 4.93. The summed E-state index contributed by atoms with van der Waals surface area (Å²) in [4.78, 5) is 11.6. The molecule has 2 aromatic carbocycles. The molecule has 9 heteroatoms. The Morgan fingerprint density at radius 2 is 1.77 bits per heavy atom. The minimum absolute atomic E-state index is 0.0249. The maximum atomic E-state index is 12.2. The van der Waals surface area contributed by atoms with Crippen LogP contribution in [0, 0.1) is 0 Å². The maximum absolute atomic E-state index is 12.2. The van der Waals surface area contributed by atoms with Gasteiger partial charge in [-0.2, -0.15) is 8.78 Å². The summed E-state index contributed by atoms with van der Waals surface area (Å²) in [5.41, 5.74) is 1.58. The first-order chi connectivity index (χ1) is 12.4. The van der Waals surface area contributed by atoms with E-state index >= 15 is 0 Å². The molecule has 0 aliphatic heterocycles. The van der Waals surface area contributed by atoms with E-state index in [4.69, 9.17) is 28.6 Å². The first kappa shape index (κ1) is 19.9. The van der Waals surface area contributed by atoms with Gasteiger partial charge in [-0.3, -0.25) is 0 Å². The summed E-state index contributed by atoms with van der Waals surface area (Å²) >= 11 is 11.1. The predicted molar refractivity (Wildman–Crippen MR) is 100 cm³/mol. The normalized spacial score (nSPS) is 10.3. The van der Waals surface area contributed by atoms with E-state index in [9.17, 15) is 13.6 Å². The molecule has 0 saturated carbocycles. The third-order valence-corrected chi connectivity index (χ3v) is 3.56. The van der Waals surface area contributed by atoms with Gasteiger partial charge >= 0.3 is 12.6 Å². The average Bonchev–Trinajstić information content (AvgIpc) is 2.58. The molecule has 0 aliphatic rings. The molecule has 2 rings (SSSR count). The number of esters is 1. The lowest BCUT2D eigenvalue weighted by molar-refractivity contribution is -0.0497. The largest absolute Gasteiger partial charge is 0.462 e. The van der Waals surface area contributed by atoms with Crippen molar-refractivity contribution >= 4 is 46.3 Å². The average molecular weight is 401 g/mol. The fourth-order valence-electron chi connectivity index (χ4n) is 1.97. The number of ether oxygens (including phenoxy) is 2. The van der Waals surface area contributed by atoms with E-state index in [0.717, 1.165) is 0 Å². The van der Waals surface area contributed by atoms with E-state index in [-0.39, 0.29) is 15.9 Å². The highest BCUT2D eigenvalue weighted by atomic mass is 35.5. The number of halogens is 3. The Balaban J connectivity index is 1.96. The van der Waals surface area contributed by atoms with Crippen molar-refractivity contribution in [3.8, 4) is 5.75 Å². The molecule has 26 heavy (non-hydrogen) atoms. The zero-order valence-electron chi connectivity index (χ0n) is 13.6. The molecule has 0 spiro atoms. The number of alkyl halides is 2. The van der Waals surface area contributed by atoms with Crippen LogP contribution in [0.1, 0.15) is 17.3 Å². The van der Waals surface area contributed by atoms with Crippen molar-refractivity contribution in [1.82, 2.24) is 0 Å². The van der Waals surface area contributed by atoms with Crippen LogP contribution >= 0.6 is 23.8 Å². The van der Waals surface area contributed by atoms with Gasteiger partial charge in [0.1, 0.15) is 5.75 Å². The number of nitrogens with one attached hydrogen (secondary N) is 2. The standard InChI is InChI=1S/C17H15ClF2N2O3S/c1-2-24-15(23)10-3-5-11(6-4-10)21-17(26)22-12-7-8-14(13(18)9-12)25-16(19)20/h3-9,16H,2H2,1H3,(H2,21,22,26). The molecule has 2 aromatic rings. The molecule has 0 atom stereocenters. The van der Waals surface area contributed by atoms with Gasteiger partial charge in [0, 0.05) is 11.4 Å². The number of carbonyl (C=O) groups excluding carboxylic acids is 1. The zero-order chi connectivity index (χ0) is 19.1. The Kier molecular flexibility index (Phi) is 7.11. The summed E-state index contributed by atoms with van der Waals surface area (Å²) < 4.78 is 33.6. The van der Waals surface area contributed by atoms with E-state index in [1.54, 1.807) is 31.2 Å². The van der Waals surface area contributed by atoms with E-state index in [0.29, 0.717) is 23.5 Å². The fraction of sp³-hybridized carbons (Fsp3) is 0.176. The van der Waals surface area contributed by atoms with Crippen molar-refractivity contribution in [2.24, 2.45) is 0 Å². The van der Waals surface area contributed by atoms with Crippen LogP contribution in [-0.2, 0) is 4.74 Å². The van der Waals surface area contributed by atoms with Crippen LogP contribution in [0.3, 0.4) is 0 Å². The Morgan fingerprint density at radius 1 is 1.15 bits per heavy atom. The van der Waals surface area contributed by atoms with Crippen molar-refractivity contribution in [3.63, 3.8) is 0 Å². The molecule has 0 fully saturated rings. The van der Waals surface area contributed by atoms with Crippen molar-refractivity contribution in [3.05, 3.63) is 53.1 Å². The summed E-state index contributed by atoms with van der Waals surface area (Å²) in [7, 11) is 0. The topological polar surface area (TPSA) is 59.6 Å². The van der Waals surface area contributed by atoms with Crippen LogP contribution in [0.5, 0.6) is 5.75 Å². The second-order valence-electron chi connectivity index (χ2n) is 4.90. The van der Waals surface area contributed by atoms with Crippen LogP contribution in [-0.4, -0.2) is 24.3 Å². The van der Waals surface area contributed by atoms with Crippen LogP contribution in [0.25, 0.3) is 0 Å². The van der Waals surface area contributed by atoms with Crippen LogP contribution in [0.2, 0.25) is 5.02 Å². The first-order valence-corrected chi connectivity index (χ1v) is 8.27. The Hall–Kier alpha value is -2.45. The molecule has 0 radical (unpaired) electrons. The van der Waals surface area contributed by atoms with Gasteiger partial charge in [0.15, 0.2) is 5.11 Å². The zero-order valence-corrected chi connectivity index (χ0v) is 15.2. The van der Waals surface area contributed by atoms with E-state index in [1.165, 1.54) is 18.2 Å². The Bertz CT molecular complexity index is 788. The quantitative estimate of drug-likeness (QED) is 0.529. The highest BCUT2D eigenvalue weighted by Gasteiger charge is 2.10. The molecule has 138 valence electrons. The minimum atomic E-state index is -2.95. The molecule has 5 nitrogen and oxygen atoms in total. The minimum Gasteiger partial charge on any atom is -0.462 e. The summed E-state index contributed by atoms with van der Waals surface area (Å²) in [6, 6.07) is 10.8. The number of benzene rings is 2. The van der Waals surface area contributed by atoms with Crippen molar-refractivity contribution < 1.29 is 23.0 Å². The van der Waals surface area contributed by atoms with E-state index < -0.39 is 12.6 Å².